The Morgan fingerprint density at radius 1 is 1.14 bits per heavy atom. The zero-order valence-electron chi connectivity index (χ0n) is 12.2. The third-order valence-corrected chi connectivity index (χ3v) is 4.37. The van der Waals surface area contributed by atoms with Gasteiger partial charge in [0.1, 0.15) is 0 Å². The molecule has 1 aromatic carbocycles. The Bertz CT molecular complexity index is 473. The first-order chi connectivity index (χ1) is 10.2. The summed E-state index contributed by atoms with van der Waals surface area (Å²) in [5.41, 5.74) is 0.445. The smallest absolute Gasteiger partial charge is 0.252 e. The maximum Gasteiger partial charge on any atom is 0.252 e. The van der Waals surface area contributed by atoms with E-state index in [1.54, 1.807) is 18.2 Å². The van der Waals surface area contributed by atoms with E-state index in [9.17, 15) is 4.79 Å². The molecule has 1 aliphatic rings. The third-order valence-electron chi connectivity index (χ3n) is 3.81. The SMILES string of the molecule is O=C(NCCCCN1CCCCC1)c1cc(Cl)ccc1Cl. The molecule has 0 atom stereocenters. The Labute approximate surface area is 136 Å². The number of rotatable bonds is 6. The van der Waals surface area contributed by atoms with Gasteiger partial charge in [0.05, 0.1) is 10.6 Å². The number of unbranched alkanes of at least 4 members (excludes halogenated alkanes) is 1. The minimum atomic E-state index is -0.152. The molecule has 0 saturated carbocycles. The molecule has 0 aliphatic carbocycles. The second kappa shape index (κ2) is 8.62. The van der Waals surface area contributed by atoms with E-state index in [4.69, 9.17) is 23.2 Å². The number of likely N-dealkylation sites (tertiary alicyclic amines) is 1. The minimum absolute atomic E-state index is 0.152. The molecular formula is C16H22Cl2N2O. The second-order valence-corrected chi connectivity index (χ2v) is 6.33. The average Bonchev–Trinajstić information content (AvgIpc) is 2.50. The molecule has 0 unspecified atom stereocenters. The normalized spacial score (nSPS) is 15.9. The zero-order chi connectivity index (χ0) is 15.1. The Morgan fingerprint density at radius 2 is 1.90 bits per heavy atom. The summed E-state index contributed by atoms with van der Waals surface area (Å²) in [5, 5.41) is 3.86. The Hall–Kier alpha value is -0.770. The quantitative estimate of drug-likeness (QED) is 0.801. The number of carbonyl (C=O) groups is 1. The molecule has 2 rings (SSSR count). The van der Waals surface area contributed by atoms with Gasteiger partial charge < -0.3 is 10.2 Å². The Balaban J connectivity index is 1.66. The van der Waals surface area contributed by atoms with Crippen molar-refractivity contribution in [2.24, 2.45) is 0 Å². The first-order valence-electron chi connectivity index (χ1n) is 7.62. The fourth-order valence-corrected chi connectivity index (χ4v) is 2.99. The highest BCUT2D eigenvalue weighted by atomic mass is 35.5. The van der Waals surface area contributed by atoms with E-state index in [0.29, 0.717) is 22.2 Å². The van der Waals surface area contributed by atoms with Crippen molar-refractivity contribution in [1.82, 2.24) is 10.2 Å². The molecule has 3 nitrogen and oxygen atoms in total. The van der Waals surface area contributed by atoms with Gasteiger partial charge in [0.15, 0.2) is 0 Å². The molecule has 1 aliphatic heterocycles. The van der Waals surface area contributed by atoms with Crippen molar-refractivity contribution in [1.29, 1.82) is 0 Å². The van der Waals surface area contributed by atoms with Gasteiger partial charge in [-0.15, -0.1) is 0 Å². The third kappa shape index (κ3) is 5.50. The number of hydrogen-bond donors (Lipinski definition) is 1. The second-order valence-electron chi connectivity index (χ2n) is 5.49. The molecule has 1 fully saturated rings. The number of carbonyl (C=O) groups excluding carboxylic acids is 1. The predicted octanol–water partition coefficient (Wildman–Crippen LogP) is 3.99. The minimum Gasteiger partial charge on any atom is -0.352 e. The van der Waals surface area contributed by atoms with Gasteiger partial charge in [-0.3, -0.25) is 4.79 Å². The Kier molecular flexibility index (Phi) is 6.81. The number of nitrogens with zero attached hydrogens (tertiary/aromatic N) is 1. The summed E-state index contributed by atoms with van der Waals surface area (Å²) in [6.45, 7) is 4.26. The van der Waals surface area contributed by atoms with Crippen molar-refractivity contribution in [2.45, 2.75) is 32.1 Å². The van der Waals surface area contributed by atoms with Gasteiger partial charge in [-0.2, -0.15) is 0 Å². The largest absolute Gasteiger partial charge is 0.352 e. The zero-order valence-corrected chi connectivity index (χ0v) is 13.7. The summed E-state index contributed by atoms with van der Waals surface area (Å²) < 4.78 is 0. The first kappa shape index (κ1) is 16.6. The summed E-state index contributed by atoms with van der Waals surface area (Å²) in [6, 6.07) is 4.93. The fraction of sp³-hybridized carbons (Fsp3) is 0.562. The number of nitrogens with one attached hydrogen (secondary N) is 1. The van der Waals surface area contributed by atoms with Crippen LogP contribution in [0.25, 0.3) is 0 Å². The van der Waals surface area contributed by atoms with Crippen LogP contribution >= 0.6 is 23.2 Å². The molecule has 1 N–H and O–H groups in total. The summed E-state index contributed by atoms with van der Waals surface area (Å²) in [7, 11) is 0. The topological polar surface area (TPSA) is 32.3 Å². The number of halogens is 2. The van der Waals surface area contributed by atoms with Gasteiger partial charge in [0.2, 0.25) is 0 Å². The summed E-state index contributed by atoms with van der Waals surface area (Å²) in [4.78, 5) is 14.5. The van der Waals surface area contributed by atoms with Gasteiger partial charge in [-0.05, 0) is 63.5 Å². The van der Waals surface area contributed by atoms with Crippen molar-refractivity contribution in [2.75, 3.05) is 26.2 Å². The maximum absolute atomic E-state index is 12.0. The van der Waals surface area contributed by atoms with Crippen LogP contribution in [0.2, 0.25) is 10.0 Å². The summed E-state index contributed by atoms with van der Waals surface area (Å²) in [5.74, 6) is -0.152. The number of benzene rings is 1. The number of amides is 1. The van der Waals surface area contributed by atoms with E-state index in [0.717, 1.165) is 19.4 Å². The van der Waals surface area contributed by atoms with Crippen molar-refractivity contribution in [3.05, 3.63) is 33.8 Å². The highest BCUT2D eigenvalue weighted by molar-refractivity contribution is 6.35. The first-order valence-corrected chi connectivity index (χ1v) is 8.38. The molecule has 0 aromatic heterocycles. The Morgan fingerprint density at radius 3 is 2.67 bits per heavy atom. The van der Waals surface area contributed by atoms with Crippen LogP contribution in [0.3, 0.4) is 0 Å². The molecule has 1 aromatic rings. The number of piperidine rings is 1. The lowest BCUT2D eigenvalue weighted by atomic mass is 10.1. The van der Waals surface area contributed by atoms with E-state index >= 15 is 0 Å². The molecular weight excluding hydrogens is 307 g/mol. The predicted molar refractivity (Wildman–Crippen MR) is 88.3 cm³/mol. The number of hydrogen-bond acceptors (Lipinski definition) is 2. The van der Waals surface area contributed by atoms with Crippen molar-refractivity contribution in [3.8, 4) is 0 Å². The van der Waals surface area contributed by atoms with Gasteiger partial charge >= 0.3 is 0 Å². The highest BCUT2D eigenvalue weighted by Crippen LogP contribution is 2.20. The van der Waals surface area contributed by atoms with Crippen LogP contribution in [0.15, 0.2) is 18.2 Å². The summed E-state index contributed by atoms with van der Waals surface area (Å²) in [6.07, 6.45) is 6.12. The molecule has 116 valence electrons. The van der Waals surface area contributed by atoms with Crippen molar-refractivity contribution in [3.63, 3.8) is 0 Å². The van der Waals surface area contributed by atoms with Gasteiger partial charge in [-0.1, -0.05) is 29.6 Å². The maximum atomic E-state index is 12.0. The lowest BCUT2D eigenvalue weighted by Crippen LogP contribution is -2.31. The van der Waals surface area contributed by atoms with Crippen LogP contribution in [0.4, 0.5) is 0 Å². The van der Waals surface area contributed by atoms with Crippen molar-refractivity contribution < 1.29 is 4.79 Å². The van der Waals surface area contributed by atoms with E-state index in [1.165, 1.54) is 32.4 Å². The molecule has 21 heavy (non-hydrogen) atoms. The lowest BCUT2D eigenvalue weighted by molar-refractivity contribution is 0.0952. The molecule has 1 saturated heterocycles. The highest BCUT2D eigenvalue weighted by Gasteiger charge is 2.11. The van der Waals surface area contributed by atoms with E-state index < -0.39 is 0 Å². The summed E-state index contributed by atoms with van der Waals surface area (Å²) >= 11 is 11.9. The molecule has 1 heterocycles. The molecule has 0 bridgehead atoms. The average molecular weight is 329 g/mol. The van der Waals surface area contributed by atoms with Crippen LogP contribution in [-0.4, -0.2) is 37.0 Å². The van der Waals surface area contributed by atoms with E-state index in [1.807, 2.05) is 0 Å². The van der Waals surface area contributed by atoms with Crippen LogP contribution in [0, 0.1) is 0 Å². The van der Waals surface area contributed by atoms with Crippen LogP contribution in [-0.2, 0) is 0 Å². The molecule has 5 heteroatoms. The van der Waals surface area contributed by atoms with E-state index in [2.05, 4.69) is 10.2 Å². The monoisotopic (exact) mass is 328 g/mol. The van der Waals surface area contributed by atoms with Gasteiger partial charge in [0, 0.05) is 11.6 Å². The fourth-order valence-electron chi connectivity index (χ4n) is 2.61. The van der Waals surface area contributed by atoms with Crippen molar-refractivity contribution >= 4 is 29.1 Å². The van der Waals surface area contributed by atoms with Crippen LogP contribution in [0.5, 0.6) is 0 Å². The van der Waals surface area contributed by atoms with Crippen LogP contribution < -0.4 is 5.32 Å². The standard InChI is InChI=1S/C16H22Cl2N2O/c17-13-6-7-15(18)14(12-13)16(21)19-8-2-5-11-20-9-3-1-4-10-20/h6-7,12H,1-5,8-11H2,(H,19,21). The van der Waals surface area contributed by atoms with Gasteiger partial charge in [-0.25, -0.2) is 0 Å². The van der Waals surface area contributed by atoms with Crippen LogP contribution in [0.1, 0.15) is 42.5 Å². The molecule has 0 radical (unpaired) electrons. The van der Waals surface area contributed by atoms with Gasteiger partial charge in [0.25, 0.3) is 5.91 Å². The van der Waals surface area contributed by atoms with E-state index in [-0.39, 0.29) is 5.91 Å². The molecule has 1 amide bonds. The lowest BCUT2D eigenvalue weighted by Gasteiger charge is -2.26. The molecule has 0 spiro atoms.